The topological polar surface area (TPSA) is 52.6 Å². The predicted octanol–water partition coefficient (Wildman–Crippen LogP) is 4.35. The van der Waals surface area contributed by atoms with E-state index in [1.54, 1.807) is 18.2 Å². The SMILES string of the molecule is C=C1CC(CCCCCOc2ccc(C(C)=O)c(Cl)c2)OC1=O. The minimum atomic E-state index is -0.260. The summed E-state index contributed by atoms with van der Waals surface area (Å²) in [5, 5.41) is 0.415. The summed E-state index contributed by atoms with van der Waals surface area (Å²) in [6.45, 7) is 5.75. The van der Waals surface area contributed by atoms with E-state index in [9.17, 15) is 9.59 Å². The molecule has 1 aromatic carbocycles. The van der Waals surface area contributed by atoms with Crippen molar-refractivity contribution in [1.82, 2.24) is 0 Å². The zero-order valence-corrected chi connectivity index (χ0v) is 14.0. The Hall–Kier alpha value is -1.81. The highest BCUT2D eigenvalue weighted by Gasteiger charge is 2.26. The molecule has 2 rings (SSSR count). The molecule has 0 radical (unpaired) electrons. The third-order valence-electron chi connectivity index (χ3n) is 3.80. The van der Waals surface area contributed by atoms with E-state index < -0.39 is 0 Å². The van der Waals surface area contributed by atoms with Gasteiger partial charge in [0.1, 0.15) is 11.9 Å². The van der Waals surface area contributed by atoms with Crippen LogP contribution in [0.3, 0.4) is 0 Å². The fourth-order valence-corrected chi connectivity index (χ4v) is 2.81. The van der Waals surface area contributed by atoms with Gasteiger partial charge in [0, 0.05) is 17.6 Å². The summed E-state index contributed by atoms with van der Waals surface area (Å²) in [5.41, 5.74) is 1.08. The van der Waals surface area contributed by atoms with E-state index in [1.807, 2.05) is 0 Å². The average molecular weight is 337 g/mol. The molecule has 1 fully saturated rings. The molecule has 0 amide bonds. The molecule has 5 heteroatoms. The van der Waals surface area contributed by atoms with E-state index in [4.69, 9.17) is 21.1 Å². The number of carbonyl (C=O) groups is 2. The molecule has 23 heavy (non-hydrogen) atoms. The first-order valence-corrected chi connectivity index (χ1v) is 8.17. The number of esters is 1. The lowest BCUT2D eigenvalue weighted by Crippen LogP contribution is -2.06. The monoisotopic (exact) mass is 336 g/mol. The normalized spacial score (nSPS) is 17.2. The van der Waals surface area contributed by atoms with Crippen LogP contribution in [0.2, 0.25) is 5.02 Å². The maximum atomic E-state index is 11.3. The lowest BCUT2D eigenvalue weighted by molar-refractivity contribution is -0.139. The van der Waals surface area contributed by atoms with E-state index >= 15 is 0 Å². The molecular weight excluding hydrogens is 316 g/mol. The molecule has 0 N–H and O–H groups in total. The van der Waals surface area contributed by atoms with Crippen LogP contribution in [0, 0.1) is 0 Å². The van der Waals surface area contributed by atoms with Crippen molar-refractivity contribution >= 4 is 23.4 Å². The molecule has 124 valence electrons. The predicted molar refractivity (Wildman–Crippen MR) is 89.1 cm³/mol. The number of cyclic esters (lactones) is 1. The molecule has 0 bridgehead atoms. The zero-order chi connectivity index (χ0) is 16.8. The van der Waals surface area contributed by atoms with Crippen LogP contribution in [-0.4, -0.2) is 24.5 Å². The number of ether oxygens (including phenoxy) is 2. The summed E-state index contributed by atoms with van der Waals surface area (Å²) < 4.78 is 10.8. The van der Waals surface area contributed by atoms with Crippen molar-refractivity contribution in [2.75, 3.05) is 6.61 Å². The maximum absolute atomic E-state index is 11.3. The molecule has 4 nitrogen and oxygen atoms in total. The summed E-state index contributed by atoms with van der Waals surface area (Å²) in [5.74, 6) is 0.349. The van der Waals surface area contributed by atoms with Gasteiger partial charge in [0.15, 0.2) is 5.78 Å². The lowest BCUT2D eigenvalue weighted by atomic mass is 10.1. The average Bonchev–Trinajstić information content (AvgIpc) is 2.81. The quantitative estimate of drug-likeness (QED) is 0.306. The van der Waals surface area contributed by atoms with E-state index in [-0.39, 0.29) is 17.9 Å². The zero-order valence-electron chi connectivity index (χ0n) is 13.3. The molecule has 1 aliphatic heterocycles. The Morgan fingerprint density at radius 2 is 2.17 bits per heavy atom. The Bertz CT molecular complexity index is 593. The van der Waals surface area contributed by atoms with Crippen LogP contribution >= 0.6 is 11.6 Å². The second kappa shape index (κ2) is 8.16. The highest BCUT2D eigenvalue weighted by atomic mass is 35.5. The molecule has 0 aromatic heterocycles. The first-order chi connectivity index (χ1) is 11.0. The molecular formula is C18H21ClO4. The van der Waals surface area contributed by atoms with E-state index in [2.05, 4.69) is 6.58 Å². The maximum Gasteiger partial charge on any atom is 0.333 e. The Labute approximate surface area is 141 Å². The lowest BCUT2D eigenvalue weighted by Gasteiger charge is -2.09. The number of unbranched alkanes of at least 4 members (excludes halogenated alkanes) is 2. The van der Waals surface area contributed by atoms with Gasteiger partial charge >= 0.3 is 5.97 Å². The van der Waals surface area contributed by atoms with Crippen molar-refractivity contribution in [3.63, 3.8) is 0 Å². The number of rotatable bonds is 8. The minimum absolute atomic E-state index is 0.00569. The van der Waals surface area contributed by atoms with Crippen molar-refractivity contribution in [2.24, 2.45) is 0 Å². The van der Waals surface area contributed by atoms with Gasteiger partial charge < -0.3 is 9.47 Å². The van der Waals surface area contributed by atoms with Gasteiger partial charge in [0.25, 0.3) is 0 Å². The van der Waals surface area contributed by atoms with Gasteiger partial charge in [-0.1, -0.05) is 18.2 Å². The molecule has 1 aliphatic rings. The van der Waals surface area contributed by atoms with Crippen LogP contribution in [0.4, 0.5) is 0 Å². The van der Waals surface area contributed by atoms with E-state index in [0.717, 1.165) is 25.7 Å². The summed E-state index contributed by atoms with van der Waals surface area (Å²) in [6.07, 6.45) is 4.40. The van der Waals surface area contributed by atoms with Crippen LogP contribution in [0.5, 0.6) is 5.75 Å². The fraction of sp³-hybridized carbons (Fsp3) is 0.444. The van der Waals surface area contributed by atoms with Gasteiger partial charge in [-0.15, -0.1) is 0 Å². The van der Waals surface area contributed by atoms with Gasteiger partial charge in [-0.05, 0) is 50.8 Å². The molecule has 0 spiro atoms. The third-order valence-corrected chi connectivity index (χ3v) is 4.11. The van der Waals surface area contributed by atoms with Gasteiger partial charge in [-0.3, -0.25) is 4.79 Å². The van der Waals surface area contributed by atoms with Gasteiger partial charge in [0.05, 0.1) is 11.6 Å². The van der Waals surface area contributed by atoms with Crippen LogP contribution < -0.4 is 4.74 Å². The summed E-state index contributed by atoms with van der Waals surface area (Å²) in [4.78, 5) is 22.5. The second-order valence-corrected chi connectivity index (χ2v) is 6.14. The highest BCUT2D eigenvalue weighted by molar-refractivity contribution is 6.34. The molecule has 1 unspecified atom stereocenters. The number of benzene rings is 1. The Morgan fingerprint density at radius 3 is 2.78 bits per heavy atom. The molecule has 1 atom stereocenters. The number of hydrogen-bond donors (Lipinski definition) is 0. The summed E-state index contributed by atoms with van der Waals surface area (Å²) in [6, 6.07) is 5.11. The Kier molecular flexibility index (Phi) is 6.22. The van der Waals surface area contributed by atoms with Crippen LogP contribution in [-0.2, 0) is 9.53 Å². The summed E-state index contributed by atoms with van der Waals surface area (Å²) in [7, 11) is 0. The fourth-order valence-electron chi connectivity index (χ4n) is 2.51. The second-order valence-electron chi connectivity index (χ2n) is 5.73. The first kappa shape index (κ1) is 17.5. The molecule has 0 aliphatic carbocycles. The number of hydrogen-bond acceptors (Lipinski definition) is 4. The Balaban J connectivity index is 1.62. The standard InChI is InChI=1S/C18H21ClO4/c1-12-10-15(23-18(12)21)6-4-3-5-9-22-14-7-8-16(13(2)20)17(19)11-14/h7-8,11,15H,1,3-6,9-10H2,2H3. The molecule has 1 heterocycles. The molecule has 1 saturated heterocycles. The smallest absolute Gasteiger partial charge is 0.333 e. The van der Waals surface area contributed by atoms with E-state index in [0.29, 0.717) is 34.9 Å². The van der Waals surface area contributed by atoms with Crippen molar-refractivity contribution < 1.29 is 19.1 Å². The molecule has 0 saturated carbocycles. The number of ketones is 1. The van der Waals surface area contributed by atoms with Crippen molar-refractivity contribution in [2.45, 2.75) is 45.1 Å². The van der Waals surface area contributed by atoms with Crippen molar-refractivity contribution in [3.05, 3.63) is 40.9 Å². The first-order valence-electron chi connectivity index (χ1n) is 7.79. The number of carbonyl (C=O) groups excluding carboxylic acids is 2. The third kappa shape index (κ3) is 5.10. The van der Waals surface area contributed by atoms with Gasteiger partial charge in [0.2, 0.25) is 0 Å². The van der Waals surface area contributed by atoms with Gasteiger partial charge in [-0.25, -0.2) is 4.79 Å². The largest absolute Gasteiger partial charge is 0.494 e. The number of Topliss-reactive ketones (excluding diaryl/α,β-unsaturated/α-hetero) is 1. The Morgan fingerprint density at radius 1 is 1.39 bits per heavy atom. The van der Waals surface area contributed by atoms with Crippen LogP contribution in [0.15, 0.2) is 30.4 Å². The molecule has 1 aromatic rings. The van der Waals surface area contributed by atoms with E-state index in [1.165, 1.54) is 6.92 Å². The van der Waals surface area contributed by atoms with Gasteiger partial charge in [-0.2, -0.15) is 0 Å². The van der Waals surface area contributed by atoms with Crippen molar-refractivity contribution in [1.29, 1.82) is 0 Å². The summed E-state index contributed by atoms with van der Waals surface area (Å²) >= 11 is 6.03. The minimum Gasteiger partial charge on any atom is -0.494 e. The van der Waals surface area contributed by atoms with Crippen LogP contribution in [0.25, 0.3) is 0 Å². The van der Waals surface area contributed by atoms with Crippen molar-refractivity contribution in [3.8, 4) is 5.75 Å². The highest BCUT2D eigenvalue weighted by Crippen LogP contribution is 2.24. The van der Waals surface area contributed by atoms with Crippen LogP contribution in [0.1, 0.15) is 49.4 Å². The number of halogens is 1.